The van der Waals surface area contributed by atoms with Crippen LogP contribution >= 0.6 is 0 Å². The normalized spacial score (nSPS) is 12.9. The summed E-state index contributed by atoms with van der Waals surface area (Å²) in [5.41, 5.74) is 2.00. The van der Waals surface area contributed by atoms with Gasteiger partial charge in [0, 0.05) is 6.20 Å². The molecule has 0 spiro atoms. The van der Waals surface area contributed by atoms with Crippen molar-refractivity contribution in [2.75, 3.05) is 0 Å². The minimum absolute atomic E-state index is 0.369. The predicted molar refractivity (Wildman–Crippen MR) is 55.7 cm³/mol. The van der Waals surface area contributed by atoms with E-state index in [1.54, 1.807) is 19.4 Å². The number of aliphatic carboxylic acids is 1. The zero-order chi connectivity index (χ0) is 10.8. The van der Waals surface area contributed by atoms with E-state index in [9.17, 15) is 4.79 Å². The molecule has 4 nitrogen and oxygen atoms in total. The van der Waals surface area contributed by atoms with Crippen LogP contribution in [0.3, 0.4) is 0 Å². The van der Waals surface area contributed by atoms with Crippen LogP contribution in [0.25, 0.3) is 5.52 Å². The first-order valence-electron chi connectivity index (χ1n) is 4.81. The summed E-state index contributed by atoms with van der Waals surface area (Å²) >= 11 is 0. The number of carboxylic acid groups (broad SMARTS) is 1. The van der Waals surface area contributed by atoms with E-state index >= 15 is 0 Å². The van der Waals surface area contributed by atoms with Crippen LogP contribution in [-0.4, -0.2) is 20.5 Å². The van der Waals surface area contributed by atoms with Crippen molar-refractivity contribution in [1.29, 1.82) is 0 Å². The van der Waals surface area contributed by atoms with Crippen molar-refractivity contribution in [2.24, 2.45) is 5.92 Å². The maximum absolute atomic E-state index is 10.8. The summed E-state index contributed by atoms with van der Waals surface area (Å²) in [6.07, 6.45) is 5.90. The molecule has 1 unspecified atom stereocenters. The Hall–Kier alpha value is -1.84. The number of carboxylic acids is 1. The summed E-state index contributed by atoms with van der Waals surface area (Å²) in [4.78, 5) is 14.8. The molecule has 2 rings (SSSR count). The highest BCUT2D eigenvalue weighted by Crippen LogP contribution is 2.14. The maximum Gasteiger partial charge on any atom is 0.306 e. The molecule has 78 valence electrons. The average molecular weight is 204 g/mol. The lowest BCUT2D eigenvalue weighted by Gasteiger charge is -2.07. The molecule has 2 aromatic rings. The summed E-state index contributed by atoms with van der Waals surface area (Å²) in [6, 6.07) is 3.84. The van der Waals surface area contributed by atoms with E-state index in [2.05, 4.69) is 4.98 Å². The van der Waals surface area contributed by atoms with Crippen LogP contribution in [-0.2, 0) is 11.2 Å². The summed E-state index contributed by atoms with van der Waals surface area (Å²) < 4.78 is 1.89. The van der Waals surface area contributed by atoms with E-state index in [1.165, 1.54) is 0 Å². The molecule has 0 amide bonds. The lowest BCUT2D eigenvalue weighted by molar-refractivity contribution is -0.141. The molecular formula is C11H12N2O2. The minimum Gasteiger partial charge on any atom is -0.481 e. The van der Waals surface area contributed by atoms with Crippen molar-refractivity contribution in [1.82, 2.24) is 9.38 Å². The molecule has 0 saturated heterocycles. The molecule has 0 bridgehead atoms. The predicted octanol–water partition coefficient (Wildman–Crippen LogP) is 1.60. The van der Waals surface area contributed by atoms with Gasteiger partial charge in [0.2, 0.25) is 0 Å². The molecule has 15 heavy (non-hydrogen) atoms. The van der Waals surface area contributed by atoms with Crippen molar-refractivity contribution in [2.45, 2.75) is 13.3 Å². The van der Waals surface area contributed by atoms with Crippen LogP contribution in [0.5, 0.6) is 0 Å². The molecule has 2 aromatic heterocycles. The number of aromatic nitrogens is 2. The molecular weight excluding hydrogens is 192 g/mol. The lowest BCUT2D eigenvalue weighted by atomic mass is 10.0. The zero-order valence-electron chi connectivity index (χ0n) is 8.42. The fraction of sp³-hybridized carbons (Fsp3) is 0.273. The Morgan fingerprint density at radius 2 is 2.47 bits per heavy atom. The number of fused-ring (bicyclic) bond motifs is 1. The van der Waals surface area contributed by atoms with Gasteiger partial charge in [0.1, 0.15) is 0 Å². The van der Waals surface area contributed by atoms with Crippen LogP contribution in [0.4, 0.5) is 0 Å². The number of carbonyl (C=O) groups is 1. The Labute approximate surface area is 87.2 Å². The third-order valence-corrected chi connectivity index (χ3v) is 2.49. The number of rotatable bonds is 3. The zero-order valence-corrected chi connectivity index (χ0v) is 8.42. The third-order valence-electron chi connectivity index (χ3n) is 2.49. The highest BCUT2D eigenvalue weighted by Gasteiger charge is 2.13. The summed E-state index contributed by atoms with van der Waals surface area (Å²) in [5.74, 6) is -1.14. The second kappa shape index (κ2) is 3.73. The number of hydrogen-bond acceptors (Lipinski definition) is 2. The van der Waals surface area contributed by atoms with E-state index in [0.29, 0.717) is 6.42 Å². The van der Waals surface area contributed by atoms with Gasteiger partial charge in [0.05, 0.1) is 24.0 Å². The van der Waals surface area contributed by atoms with Gasteiger partial charge in [-0.15, -0.1) is 0 Å². The van der Waals surface area contributed by atoms with E-state index < -0.39 is 5.97 Å². The quantitative estimate of drug-likeness (QED) is 0.826. The molecule has 0 aliphatic rings. The van der Waals surface area contributed by atoms with Crippen LogP contribution in [0, 0.1) is 5.92 Å². The van der Waals surface area contributed by atoms with Crippen molar-refractivity contribution < 1.29 is 9.90 Å². The van der Waals surface area contributed by atoms with E-state index in [4.69, 9.17) is 5.11 Å². The molecule has 4 heteroatoms. The first-order valence-corrected chi connectivity index (χ1v) is 4.81. The fourth-order valence-electron chi connectivity index (χ4n) is 1.60. The second-order valence-electron chi connectivity index (χ2n) is 3.66. The van der Waals surface area contributed by atoms with E-state index in [-0.39, 0.29) is 5.92 Å². The topological polar surface area (TPSA) is 54.6 Å². The van der Waals surface area contributed by atoms with Gasteiger partial charge in [-0.3, -0.25) is 4.79 Å². The first-order chi connectivity index (χ1) is 7.18. The number of nitrogens with zero attached hydrogens (tertiary/aromatic N) is 2. The van der Waals surface area contributed by atoms with Crippen molar-refractivity contribution in [3.8, 4) is 0 Å². The van der Waals surface area contributed by atoms with Gasteiger partial charge in [-0.1, -0.05) is 13.0 Å². The largest absolute Gasteiger partial charge is 0.481 e. The van der Waals surface area contributed by atoms with E-state index in [0.717, 1.165) is 11.1 Å². The molecule has 0 radical (unpaired) electrons. The van der Waals surface area contributed by atoms with Gasteiger partial charge in [-0.05, 0) is 18.1 Å². The standard InChI is InChI=1S/C11H12N2O2/c1-8(11(14)15)5-9-3-2-4-13-7-12-6-10(9)13/h2-4,6-8H,5H2,1H3,(H,14,15). The molecule has 0 fully saturated rings. The van der Waals surface area contributed by atoms with Crippen molar-refractivity contribution in [3.63, 3.8) is 0 Å². The minimum atomic E-state index is -0.767. The third kappa shape index (κ3) is 1.83. The van der Waals surface area contributed by atoms with Crippen molar-refractivity contribution >= 4 is 11.5 Å². The average Bonchev–Trinajstić information content (AvgIpc) is 2.66. The van der Waals surface area contributed by atoms with Gasteiger partial charge < -0.3 is 9.51 Å². The first kappa shape index (κ1) is 9.71. The van der Waals surface area contributed by atoms with E-state index in [1.807, 2.05) is 22.7 Å². The summed E-state index contributed by atoms with van der Waals surface area (Å²) in [5, 5.41) is 8.84. The fourth-order valence-corrected chi connectivity index (χ4v) is 1.60. The molecule has 1 atom stereocenters. The smallest absolute Gasteiger partial charge is 0.306 e. The van der Waals surface area contributed by atoms with Gasteiger partial charge in [0.15, 0.2) is 0 Å². The summed E-state index contributed by atoms with van der Waals surface area (Å²) in [7, 11) is 0. The SMILES string of the molecule is CC(Cc1cccn2cncc12)C(=O)O. The Kier molecular flexibility index (Phi) is 2.41. The van der Waals surface area contributed by atoms with Crippen LogP contribution in [0.15, 0.2) is 30.9 Å². The Balaban J connectivity index is 2.35. The highest BCUT2D eigenvalue weighted by atomic mass is 16.4. The monoisotopic (exact) mass is 204 g/mol. The molecule has 0 saturated carbocycles. The van der Waals surface area contributed by atoms with Gasteiger partial charge >= 0.3 is 5.97 Å². The molecule has 0 aliphatic heterocycles. The number of pyridine rings is 1. The number of imidazole rings is 1. The molecule has 0 aromatic carbocycles. The molecule has 2 heterocycles. The molecule has 0 aliphatic carbocycles. The van der Waals surface area contributed by atoms with Crippen LogP contribution in [0.1, 0.15) is 12.5 Å². The Morgan fingerprint density at radius 1 is 1.67 bits per heavy atom. The number of hydrogen-bond donors (Lipinski definition) is 1. The highest BCUT2D eigenvalue weighted by molar-refractivity contribution is 5.70. The van der Waals surface area contributed by atoms with Gasteiger partial charge in [-0.25, -0.2) is 4.98 Å². The Bertz CT molecular complexity index is 490. The Morgan fingerprint density at radius 3 is 3.20 bits per heavy atom. The lowest BCUT2D eigenvalue weighted by Crippen LogP contribution is -2.12. The van der Waals surface area contributed by atoms with Crippen molar-refractivity contribution in [3.05, 3.63) is 36.4 Å². The van der Waals surface area contributed by atoms with Gasteiger partial charge in [-0.2, -0.15) is 0 Å². The molecule has 1 N–H and O–H groups in total. The second-order valence-corrected chi connectivity index (χ2v) is 3.66. The van der Waals surface area contributed by atoms with Gasteiger partial charge in [0.25, 0.3) is 0 Å². The van der Waals surface area contributed by atoms with Crippen LogP contribution < -0.4 is 0 Å². The maximum atomic E-state index is 10.8. The summed E-state index contributed by atoms with van der Waals surface area (Å²) in [6.45, 7) is 1.71. The van der Waals surface area contributed by atoms with Crippen LogP contribution in [0.2, 0.25) is 0 Å².